The number of ether oxygens (including phenoxy) is 1. The maximum atomic E-state index is 14.4. The summed E-state index contributed by atoms with van der Waals surface area (Å²) in [6.45, 7) is 5.56. The number of piperazine rings is 1. The summed E-state index contributed by atoms with van der Waals surface area (Å²) in [6.07, 6.45) is 3.27. The maximum Gasteiger partial charge on any atom is 0.338 e. The van der Waals surface area contributed by atoms with Gasteiger partial charge in [-0.3, -0.25) is 19.7 Å². The smallest absolute Gasteiger partial charge is 0.338 e. The molecule has 0 saturated carbocycles. The Morgan fingerprint density at radius 3 is 2.32 bits per heavy atom. The lowest BCUT2D eigenvalue weighted by atomic mass is 9.96. The third kappa shape index (κ3) is 8.81. The number of hydrogen-bond acceptors (Lipinski definition) is 12. The average Bonchev–Trinajstić information content (AvgIpc) is 4.03. The molecule has 0 bridgehead atoms. The molecule has 10 rings (SSSR count). The van der Waals surface area contributed by atoms with E-state index in [0.717, 1.165) is 41.4 Å². The second-order valence-corrected chi connectivity index (χ2v) is 20.1. The molecule has 0 radical (unpaired) electrons. The van der Waals surface area contributed by atoms with Crippen LogP contribution in [0.2, 0.25) is 5.02 Å². The predicted molar refractivity (Wildman–Crippen MR) is 275 cm³/mol. The molecule has 2 saturated heterocycles. The van der Waals surface area contributed by atoms with Crippen molar-refractivity contribution in [3.63, 3.8) is 0 Å². The highest BCUT2D eigenvalue weighted by Crippen LogP contribution is 2.41. The van der Waals surface area contributed by atoms with Crippen molar-refractivity contribution < 1.29 is 32.8 Å². The Morgan fingerprint density at radius 2 is 1.62 bits per heavy atom. The third-order valence-corrected chi connectivity index (χ3v) is 15.4. The number of fused-ring (bicyclic) bond motifs is 2. The van der Waals surface area contributed by atoms with E-state index in [-0.39, 0.29) is 33.9 Å². The van der Waals surface area contributed by atoms with E-state index in [4.69, 9.17) is 16.3 Å². The number of carboxylic acids is 1. The first-order valence-electron chi connectivity index (χ1n) is 23.2. The summed E-state index contributed by atoms with van der Waals surface area (Å²) < 4.78 is 40.2. The number of halogens is 1. The molecule has 2 fully saturated rings. The van der Waals surface area contributed by atoms with Gasteiger partial charge in [0.15, 0.2) is 5.52 Å². The quantitative estimate of drug-likeness (QED) is 0.0641. The number of carboxylic acid groups (broad SMARTS) is 1. The largest absolute Gasteiger partial charge is 0.478 e. The number of rotatable bonds is 13. The summed E-state index contributed by atoms with van der Waals surface area (Å²) in [4.78, 5) is 64.0. The molecule has 2 aliphatic rings. The first-order chi connectivity index (χ1) is 34.6. The van der Waals surface area contributed by atoms with Gasteiger partial charge in [-0.2, -0.15) is 0 Å². The van der Waals surface area contributed by atoms with Crippen molar-refractivity contribution in [2.75, 3.05) is 61.1 Å². The van der Waals surface area contributed by atoms with Gasteiger partial charge in [0.25, 0.3) is 27.2 Å². The van der Waals surface area contributed by atoms with E-state index in [1.54, 1.807) is 49.5 Å². The van der Waals surface area contributed by atoms with Gasteiger partial charge in [0.2, 0.25) is 0 Å². The Bertz CT molecular complexity index is 3640. The number of aromatic amines is 1. The minimum absolute atomic E-state index is 0.0986. The summed E-state index contributed by atoms with van der Waals surface area (Å²) in [7, 11) is -1.31. The zero-order valence-electron chi connectivity index (χ0n) is 39.4. The van der Waals surface area contributed by atoms with Crippen LogP contribution >= 0.6 is 11.6 Å². The van der Waals surface area contributed by atoms with Gasteiger partial charge in [0.05, 0.1) is 37.8 Å². The summed E-state index contributed by atoms with van der Waals surface area (Å²) in [5, 5.41) is 27.0. The van der Waals surface area contributed by atoms with Crippen molar-refractivity contribution in [2.24, 2.45) is 20.0 Å². The van der Waals surface area contributed by atoms with Gasteiger partial charge in [0.1, 0.15) is 11.3 Å². The summed E-state index contributed by atoms with van der Waals surface area (Å²) in [5.74, 6) is -1.84. The second kappa shape index (κ2) is 19.0. The summed E-state index contributed by atoms with van der Waals surface area (Å²) in [6, 6.07) is 27.1. The molecule has 2 aliphatic heterocycles. The average molecular weight is 1010 g/mol. The van der Waals surface area contributed by atoms with E-state index >= 15 is 0 Å². The summed E-state index contributed by atoms with van der Waals surface area (Å²) in [5.41, 5.74) is 5.60. The van der Waals surface area contributed by atoms with Gasteiger partial charge in [0, 0.05) is 105 Å². The molecule has 8 aromatic rings. The number of hydrogen-bond donors (Lipinski definition) is 4. The molecule has 21 heteroatoms. The Morgan fingerprint density at radius 1 is 0.917 bits per heavy atom. The minimum atomic E-state index is -4.69. The highest BCUT2D eigenvalue weighted by atomic mass is 35.5. The van der Waals surface area contributed by atoms with E-state index in [1.807, 2.05) is 48.0 Å². The molecule has 72 heavy (non-hydrogen) atoms. The number of nitro groups is 1. The lowest BCUT2D eigenvalue weighted by molar-refractivity contribution is -0.384. The van der Waals surface area contributed by atoms with Gasteiger partial charge in [-0.25, -0.2) is 32.3 Å². The molecule has 19 nitrogen and oxygen atoms in total. The number of carbonyl (C=O) groups is 2. The topological polar surface area (TPSA) is 232 Å². The molecule has 4 aromatic heterocycles. The van der Waals surface area contributed by atoms with Gasteiger partial charge >= 0.3 is 5.97 Å². The van der Waals surface area contributed by atoms with Crippen LogP contribution in [-0.4, -0.2) is 100 Å². The van der Waals surface area contributed by atoms with Crippen LogP contribution in [0.15, 0.2) is 113 Å². The van der Waals surface area contributed by atoms with Crippen LogP contribution in [0.5, 0.6) is 0 Å². The molecule has 0 unspecified atom stereocenters. The van der Waals surface area contributed by atoms with E-state index in [1.165, 1.54) is 34.6 Å². The molecular weight excluding hydrogens is 964 g/mol. The minimum Gasteiger partial charge on any atom is -0.478 e. The normalized spacial score (nSPS) is 14.6. The SMILES string of the molecule is Cc1c(C(=O)O)c(-c2cccc(N3CCN(c4ccc(C(=O)NS(=O)(=O)c5ccc(NCC6CCOCC6)c([N+](=O)[O-])c5)c(-n5c6cc7cc[nH]c7nc6c(=O)n5C)c4)CC3)c2)c(-c2ccc(Cl)cc2)n1C. The molecule has 370 valence electrons. The van der Waals surface area contributed by atoms with Crippen molar-refractivity contribution in [3.8, 4) is 28.1 Å². The van der Waals surface area contributed by atoms with Crippen LogP contribution in [-0.2, 0) is 28.9 Å². The Kier molecular flexibility index (Phi) is 12.6. The fourth-order valence-electron chi connectivity index (χ4n) is 9.86. The van der Waals surface area contributed by atoms with Crippen LogP contribution in [0, 0.1) is 23.0 Å². The number of benzene rings is 4. The molecule has 4 aromatic carbocycles. The zero-order valence-corrected chi connectivity index (χ0v) is 41.0. The van der Waals surface area contributed by atoms with Crippen LogP contribution in [0.3, 0.4) is 0 Å². The summed E-state index contributed by atoms with van der Waals surface area (Å²) >= 11 is 6.23. The van der Waals surface area contributed by atoms with Crippen molar-refractivity contribution >= 4 is 78.3 Å². The molecule has 6 heterocycles. The van der Waals surface area contributed by atoms with Gasteiger partial charge < -0.3 is 34.5 Å². The van der Waals surface area contributed by atoms with Gasteiger partial charge in [-0.1, -0.05) is 35.9 Å². The third-order valence-electron chi connectivity index (χ3n) is 13.8. The maximum absolute atomic E-state index is 14.4. The van der Waals surface area contributed by atoms with E-state index in [9.17, 15) is 38.0 Å². The number of pyridine rings is 1. The molecule has 4 N–H and O–H groups in total. The Labute approximate surface area is 417 Å². The second-order valence-electron chi connectivity index (χ2n) is 18.0. The molecule has 0 atom stereocenters. The molecule has 0 aliphatic carbocycles. The van der Waals surface area contributed by atoms with Crippen molar-refractivity contribution in [1.82, 2.24) is 28.6 Å². The number of nitro benzene ring substituents is 1. The zero-order chi connectivity index (χ0) is 50.6. The molecular formula is C51H49ClN10O9S. The van der Waals surface area contributed by atoms with E-state index in [0.29, 0.717) is 84.5 Å². The number of nitrogens with one attached hydrogen (secondary N) is 3. The van der Waals surface area contributed by atoms with E-state index < -0.39 is 43.0 Å². The Hall–Kier alpha value is -7.94. The number of nitrogens with zero attached hydrogens (tertiary/aromatic N) is 7. The fraction of sp³-hybridized carbons (Fsp3) is 0.255. The predicted octanol–water partition coefficient (Wildman–Crippen LogP) is 7.73. The van der Waals surface area contributed by atoms with Crippen LogP contribution in [0.4, 0.5) is 22.7 Å². The Balaban J connectivity index is 0.958. The lowest BCUT2D eigenvalue weighted by Gasteiger charge is -2.37. The molecule has 1 amide bonds. The van der Waals surface area contributed by atoms with Crippen molar-refractivity contribution in [1.29, 1.82) is 0 Å². The number of sulfonamides is 1. The van der Waals surface area contributed by atoms with Gasteiger partial charge in [-0.15, -0.1) is 0 Å². The molecule has 0 spiro atoms. The highest BCUT2D eigenvalue weighted by Gasteiger charge is 2.30. The van der Waals surface area contributed by atoms with Crippen molar-refractivity contribution in [2.45, 2.75) is 24.7 Å². The van der Waals surface area contributed by atoms with Crippen LogP contribution in [0.1, 0.15) is 39.3 Å². The lowest BCUT2D eigenvalue weighted by Crippen LogP contribution is -2.46. The first kappa shape index (κ1) is 47.7. The van der Waals surface area contributed by atoms with Crippen molar-refractivity contribution in [3.05, 3.63) is 146 Å². The first-order valence-corrected chi connectivity index (χ1v) is 25.1. The number of aromatic nitrogens is 5. The standard InChI is InChI=1S/C51H49ClN10O9S/c1-30-44(51(65)66)45(47(57(30)2)32-7-9-35(52)10-8-32)33-5-4-6-36(25-33)59-19-21-60(22-20-59)37-11-13-39(41(27-37)61-43-26-34-15-18-53-48(34)55-46(43)50(64)58(61)3)49(63)56-72(69,70)38-12-14-40(42(28-38)62(67)68)54-29-31-16-23-71-24-17-31/h4-15,18,25-28,31,54H,16-17,19-24,29H2,1-3H3,(H,53,55)(H,56,63)(H,65,66). The number of aromatic carboxylic acids is 1. The highest BCUT2D eigenvalue weighted by molar-refractivity contribution is 7.90. The fourth-order valence-corrected chi connectivity index (χ4v) is 11.0. The van der Waals surface area contributed by atoms with Gasteiger partial charge in [-0.05, 0) is 104 Å². The monoisotopic (exact) mass is 1010 g/mol. The van der Waals surface area contributed by atoms with Crippen LogP contribution < -0.4 is 25.4 Å². The number of anilines is 3. The number of carbonyl (C=O) groups excluding carboxylic acids is 1. The number of H-pyrrole nitrogens is 1. The number of amides is 1. The van der Waals surface area contributed by atoms with Crippen LogP contribution in [0.25, 0.3) is 50.1 Å². The van der Waals surface area contributed by atoms with E-state index in [2.05, 4.69) is 29.8 Å².